The van der Waals surface area contributed by atoms with Crippen LogP contribution in [0.15, 0.2) is 36.4 Å². The highest BCUT2D eigenvalue weighted by molar-refractivity contribution is 6.05. The molecule has 15 heavy (non-hydrogen) atoms. The quantitative estimate of drug-likeness (QED) is 0.739. The van der Waals surface area contributed by atoms with E-state index in [0.29, 0.717) is 5.71 Å². The largest absolute Gasteiger partial charge is 0.345 e. The molecule has 0 saturated carbocycles. The summed E-state index contributed by atoms with van der Waals surface area (Å²) in [6.45, 7) is 3.78. The molecule has 0 aromatic carbocycles. The smallest absolute Gasteiger partial charge is 0.148 e. The Morgan fingerprint density at radius 2 is 2.33 bits per heavy atom. The summed E-state index contributed by atoms with van der Waals surface area (Å²) in [7, 11) is 1.91. The molecule has 0 aliphatic rings. The van der Waals surface area contributed by atoms with Gasteiger partial charge in [0.15, 0.2) is 0 Å². The predicted octanol–water partition coefficient (Wildman–Crippen LogP) is 2.33. The Morgan fingerprint density at radius 1 is 1.60 bits per heavy atom. The van der Waals surface area contributed by atoms with E-state index in [4.69, 9.17) is 5.41 Å². The molecular weight excluding hydrogens is 188 g/mol. The molecule has 0 aliphatic carbocycles. The molecule has 1 aromatic heterocycles. The van der Waals surface area contributed by atoms with Gasteiger partial charge in [-0.05, 0) is 25.5 Å². The Hall–Kier alpha value is -1.84. The van der Waals surface area contributed by atoms with E-state index in [0.717, 1.165) is 11.4 Å². The number of anilines is 1. The van der Waals surface area contributed by atoms with Crippen molar-refractivity contribution in [2.75, 3.05) is 5.32 Å². The van der Waals surface area contributed by atoms with Crippen molar-refractivity contribution in [3.8, 4) is 0 Å². The van der Waals surface area contributed by atoms with Crippen molar-refractivity contribution < 1.29 is 0 Å². The highest BCUT2D eigenvalue weighted by atomic mass is 15.1. The summed E-state index contributed by atoms with van der Waals surface area (Å²) in [4.78, 5) is 4.11. The molecule has 2 N–H and O–H groups in total. The average molecular weight is 204 g/mol. The van der Waals surface area contributed by atoms with E-state index < -0.39 is 0 Å². The summed E-state index contributed by atoms with van der Waals surface area (Å²) in [6, 6.07) is 0. The van der Waals surface area contributed by atoms with Gasteiger partial charge >= 0.3 is 0 Å². The van der Waals surface area contributed by atoms with Crippen LogP contribution in [0.5, 0.6) is 0 Å². The molecule has 4 heteroatoms. The minimum atomic E-state index is 0.501. The van der Waals surface area contributed by atoms with Crippen LogP contribution in [0.1, 0.15) is 13.8 Å². The van der Waals surface area contributed by atoms with Gasteiger partial charge in [-0.25, -0.2) is 4.98 Å². The van der Waals surface area contributed by atoms with Crippen LogP contribution in [0.2, 0.25) is 0 Å². The average Bonchev–Trinajstić information content (AvgIpc) is 2.61. The first-order chi connectivity index (χ1) is 7.13. The lowest BCUT2D eigenvalue weighted by atomic mass is 10.2. The van der Waals surface area contributed by atoms with Crippen LogP contribution in [0.3, 0.4) is 0 Å². The molecule has 0 atom stereocenters. The molecule has 4 nitrogen and oxygen atoms in total. The summed E-state index contributed by atoms with van der Waals surface area (Å²) >= 11 is 0. The summed E-state index contributed by atoms with van der Waals surface area (Å²) in [5.74, 6) is 0.783. The maximum absolute atomic E-state index is 7.64. The van der Waals surface area contributed by atoms with Gasteiger partial charge in [-0.15, -0.1) is 0 Å². The number of nitrogens with zero attached hydrogens (tertiary/aromatic N) is 2. The van der Waals surface area contributed by atoms with Gasteiger partial charge in [-0.3, -0.25) is 0 Å². The zero-order valence-corrected chi connectivity index (χ0v) is 9.28. The zero-order chi connectivity index (χ0) is 11.3. The third-order valence-corrected chi connectivity index (χ3v) is 1.90. The molecule has 0 amide bonds. The zero-order valence-electron chi connectivity index (χ0n) is 9.28. The Balaban J connectivity index is 2.61. The topological polar surface area (TPSA) is 53.7 Å². The number of hydrogen-bond donors (Lipinski definition) is 2. The van der Waals surface area contributed by atoms with Crippen molar-refractivity contribution in [2.24, 2.45) is 7.05 Å². The standard InChI is InChI=1S/C11H16N4/c1-4-5-10(12)9(2)6-13-11-7-15(3)8-14-11/h4-8,12-13H,1-3H3/b5-4-,9-6+,12-10?. The molecule has 0 fully saturated rings. The van der Waals surface area contributed by atoms with Gasteiger partial charge in [-0.1, -0.05) is 6.08 Å². The number of nitrogens with one attached hydrogen (secondary N) is 2. The van der Waals surface area contributed by atoms with E-state index in [2.05, 4.69) is 10.3 Å². The molecule has 80 valence electrons. The number of allylic oxidation sites excluding steroid dienone is 3. The van der Waals surface area contributed by atoms with Crippen molar-refractivity contribution >= 4 is 11.5 Å². The number of hydrogen-bond acceptors (Lipinski definition) is 3. The van der Waals surface area contributed by atoms with Crippen molar-refractivity contribution in [2.45, 2.75) is 13.8 Å². The number of rotatable bonds is 4. The molecule has 0 unspecified atom stereocenters. The Kier molecular flexibility index (Phi) is 3.85. The maximum Gasteiger partial charge on any atom is 0.148 e. The van der Waals surface area contributed by atoms with Gasteiger partial charge in [0.05, 0.1) is 12.0 Å². The number of imidazole rings is 1. The van der Waals surface area contributed by atoms with E-state index >= 15 is 0 Å². The first-order valence-electron chi connectivity index (χ1n) is 4.76. The van der Waals surface area contributed by atoms with Crippen molar-refractivity contribution in [1.29, 1.82) is 5.41 Å². The van der Waals surface area contributed by atoms with E-state index in [1.807, 2.05) is 37.7 Å². The first kappa shape index (κ1) is 11.2. The van der Waals surface area contributed by atoms with Gasteiger partial charge in [0.1, 0.15) is 5.82 Å². The Bertz CT molecular complexity index is 398. The van der Waals surface area contributed by atoms with Gasteiger partial charge in [-0.2, -0.15) is 0 Å². The predicted molar refractivity (Wildman–Crippen MR) is 63.1 cm³/mol. The van der Waals surface area contributed by atoms with Crippen LogP contribution in [-0.4, -0.2) is 15.3 Å². The first-order valence-corrected chi connectivity index (χ1v) is 4.76. The molecule has 0 aliphatic heterocycles. The minimum absolute atomic E-state index is 0.501. The second-order valence-electron chi connectivity index (χ2n) is 3.31. The Morgan fingerprint density at radius 3 is 2.87 bits per heavy atom. The van der Waals surface area contributed by atoms with Crippen LogP contribution >= 0.6 is 0 Å². The lowest BCUT2D eigenvalue weighted by Crippen LogP contribution is -1.97. The second-order valence-corrected chi connectivity index (χ2v) is 3.31. The van der Waals surface area contributed by atoms with Crippen LogP contribution in [0.25, 0.3) is 0 Å². The lowest BCUT2D eigenvalue weighted by Gasteiger charge is -1.99. The van der Waals surface area contributed by atoms with Gasteiger partial charge in [0.2, 0.25) is 0 Å². The summed E-state index contributed by atoms with van der Waals surface area (Å²) < 4.78 is 1.86. The number of aromatic nitrogens is 2. The Labute approximate surface area is 89.8 Å². The van der Waals surface area contributed by atoms with Crippen LogP contribution in [0.4, 0.5) is 5.82 Å². The molecule has 0 saturated heterocycles. The fourth-order valence-electron chi connectivity index (χ4n) is 1.05. The highest BCUT2D eigenvalue weighted by Gasteiger charge is 1.95. The van der Waals surface area contributed by atoms with Crippen molar-refractivity contribution in [3.63, 3.8) is 0 Å². The monoisotopic (exact) mass is 204 g/mol. The third-order valence-electron chi connectivity index (χ3n) is 1.90. The molecule has 0 bridgehead atoms. The van der Waals surface area contributed by atoms with E-state index in [-0.39, 0.29) is 0 Å². The van der Waals surface area contributed by atoms with E-state index in [1.54, 1.807) is 18.6 Å². The summed E-state index contributed by atoms with van der Waals surface area (Å²) in [6.07, 6.45) is 8.99. The van der Waals surface area contributed by atoms with E-state index in [1.165, 1.54) is 0 Å². The fourth-order valence-corrected chi connectivity index (χ4v) is 1.05. The second kappa shape index (κ2) is 5.14. The van der Waals surface area contributed by atoms with E-state index in [9.17, 15) is 0 Å². The van der Waals surface area contributed by atoms with Gasteiger partial charge in [0, 0.05) is 19.4 Å². The van der Waals surface area contributed by atoms with Crippen LogP contribution < -0.4 is 5.32 Å². The molecule has 1 heterocycles. The molecule has 0 radical (unpaired) electrons. The normalized spacial score (nSPS) is 12.1. The van der Waals surface area contributed by atoms with Crippen LogP contribution in [-0.2, 0) is 7.05 Å². The fraction of sp³-hybridized carbons (Fsp3) is 0.273. The molecule has 1 rings (SSSR count). The summed E-state index contributed by atoms with van der Waals surface area (Å²) in [5.41, 5.74) is 1.37. The highest BCUT2D eigenvalue weighted by Crippen LogP contribution is 2.03. The number of aryl methyl sites for hydroxylation is 1. The van der Waals surface area contributed by atoms with Gasteiger partial charge < -0.3 is 15.3 Å². The SMILES string of the molecule is C/C=C\C(=N)/C(C)=C/Nc1cn(C)cn1. The van der Waals surface area contributed by atoms with Gasteiger partial charge in [0.25, 0.3) is 0 Å². The third kappa shape index (κ3) is 3.42. The van der Waals surface area contributed by atoms with Crippen LogP contribution in [0, 0.1) is 5.41 Å². The van der Waals surface area contributed by atoms with Crippen molar-refractivity contribution in [3.05, 3.63) is 36.4 Å². The van der Waals surface area contributed by atoms with Crippen molar-refractivity contribution in [1.82, 2.24) is 9.55 Å². The maximum atomic E-state index is 7.64. The molecule has 1 aromatic rings. The minimum Gasteiger partial charge on any atom is -0.345 e. The summed E-state index contributed by atoms with van der Waals surface area (Å²) in [5, 5.41) is 10.7. The molecule has 0 spiro atoms. The lowest BCUT2D eigenvalue weighted by molar-refractivity contribution is 0.913. The molecular formula is C11H16N4.